The molecule has 4 rings (SSSR count). The summed E-state index contributed by atoms with van der Waals surface area (Å²) in [4.78, 5) is 37.5. The number of nitrogens with two attached hydrogens (primary N) is 1. The number of aliphatic hydroxyl groups is 3. The van der Waals surface area contributed by atoms with E-state index in [-0.39, 0.29) is 41.6 Å². The van der Waals surface area contributed by atoms with Gasteiger partial charge in [-0.15, -0.1) is 0 Å². The molecule has 0 saturated heterocycles. The van der Waals surface area contributed by atoms with Crippen molar-refractivity contribution in [2.75, 3.05) is 6.54 Å². The van der Waals surface area contributed by atoms with Gasteiger partial charge in [0.1, 0.15) is 28.7 Å². The molecule has 10 heteroatoms. The number of primary amides is 1. The van der Waals surface area contributed by atoms with Gasteiger partial charge in [0.25, 0.3) is 5.91 Å². The highest BCUT2D eigenvalue weighted by molar-refractivity contribution is 6.22. The molecule has 0 aliphatic heterocycles. The Morgan fingerprint density at radius 1 is 1.26 bits per heavy atom. The van der Waals surface area contributed by atoms with Crippen molar-refractivity contribution in [2.24, 2.45) is 23.5 Å². The number of fused-ring (bicyclic) bond motifs is 3. The van der Waals surface area contributed by atoms with E-state index in [0.717, 1.165) is 6.42 Å². The Labute approximate surface area is 201 Å². The van der Waals surface area contributed by atoms with E-state index < -0.39 is 70.0 Å². The minimum atomic E-state index is -2.63. The monoisotopic (exact) mass is 488 g/mol. The molecule has 3 aliphatic carbocycles. The van der Waals surface area contributed by atoms with E-state index >= 15 is 4.39 Å². The van der Waals surface area contributed by atoms with E-state index in [1.807, 2.05) is 0 Å². The molecule has 1 saturated carbocycles. The number of hydrogen-bond donors (Lipinski definition) is 6. The smallest absolute Gasteiger partial charge is 0.255 e. The third kappa shape index (κ3) is 3.81. The fraction of sp³-hybridized carbons (Fsp3) is 0.480. The predicted molar refractivity (Wildman–Crippen MR) is 123 cm³/mol. The standard InChI is InChI=1S/C25H29FN2O7/c1-10(2)3-4-28-9-12-7-15(29)18-14(20(12)26)6-11-5-13-8-16(30)19(24(27)34)23(33)25(13,35)22(32)17(11)21(18)31/h7,10-11,13,28-29,31,33,35H,3-6,8-9H2,1-2H3,(H2,27,34)/t11?,13-,25-/m0/s1. The number of hydrogen-bond acceptors (Lipinski definition) is 8. The zero-order valence-corrected chi connectivity index (χ0v) is 19.5. The van der Waals surface area contributed by atoms with Crippen LogP contribution in [0.1, 0.15) is 49.8 Å². The molecule has 9 nitrogen and oxygen atoms in total. The average molecular weight is 489 g/mol. The van der Waals surface area contributed by atoms with Crippen LogP contribution in [0.2, 0.25) is 0 Å². The van der Waals surface area contributed by atoms with Crippen LogP contribution >= 0.6 is 0 Å². The van der Waals surface area contributed by atoms with Crippen LogP contribution in [0.3, 0.4) is 0 Å². The number of nitrogens with one attached hydrogen (secondary N) is 1. The number of ketones is 2. The fourth-order valence-electron chi connectivity index (χ4n) is 5.47. The third-order valence-electron chi connectivity index (χ3n) is 7.29. The van der Waals surface area contributed by atoms with Gasteiger partial charge >= 0.3 is 0 Å². The van der Waals surface area contributed by atoms with Crippen LogP contribution in [-0.2, 0) is 27.3 Å². The number of aliphatic hydroxyl groups excluding tert-OH is 2. The number of Topliss-reactive ketones (excluding diaryl/α,β-unsaturated/α-hetero) is 2. The number of phenols is 1. The van der Waals surface area contributed by atoms with Gasteiger partial charge in [-0.2, -0.15) is 0 Å². The Bertz CT molecular complexity index is 1200. The second-order valence-corrected chi connectivity index (χ2v) is 9.99. The molecular weight excluding hydrogens is 459 g/mol. The molecule has 0 heterocycles. The SMILES string of the molecule is CC(C)CCNCc1cc(O)c2c(c1F)CC1C[C@H]3CC(=O)C(C(N)=O)=C(O)[C@@]3(O)C(=O)C1=C2O. The Morgan fingerprint density at radius 2 is 1.94 bits per heavy atom. The highest BCUT2D eigenvalue weighted by Crippen LogP contribution is 2.52. The predicted octanol–water partition coefficient (Wildman–Crippen LogP) is 1.70. The average Bonchev–Trinajstić information content (AvgIpc) is 2.76. The molecule has 1 unspecified atom stereocenters. The Morgan fingerprint density at radius 3 is 2.57 bits per heavy atom. The first kappa shape index (κ1) is 24.9. The van der Waals surface area contributed by atoms with Crippen molar-refractivity contribution in [3.63, 3.8) is 0 Å². The largest absolute Gasteiger partial charge is 0.508 e. The van der Waals surface area contributed by atoms with Crippen LogP contribution in [0, 0.1) is 23.6 Å². The maximum absolute atomic E-state index is 15.4. The third-order valence-corrected chi connectivity index (χ3v) is 7.29. The first-order chi connectivity index (χ1) is 16.4. The van der Waals surface area contributed by atoms with Gasteiger partial charge in [0.15, 0.2) is 11.4 Å². The molecular formula is C25H29FN2O7. The zero-order chi connectivity index (χ0) is 25.8. The summed E-state index contributed by atoms with van der Waals surface area (Å²) >= 11 is 0. The van der Waals surface area contributed by atoms with Gasteiger partial charge in [-0.3, -0.25) is 14.4 Å². The molecule has 188 valence electrons. The number of carbonyl (C=O) groups excluding carboxylic acids is 3. The molecule has 1 aromatic carbocycles. The highest BCUT2D eigenvalue weighted by Gasteiger charge is 2.60. The van der Waals surface area contributed by atoms with Crippen LogP contribution in [-0.4, -0.2) is 50.0 Å². The molecule has 0 bridgehead atoms. The first-order valence-electron chi connectivity index (χ1n) is 11.6. The van der Waals surface area contributed by atoms with Crippen LogP contribution in [0.15, 0.2) is 23.0 Å². The van der Waals surface area contributed by atoms with Crippen molar-refractivity contribution in [1.29, 1.82) is 0 Å². The Kier molecular flexibility index (Phi) is 6.23. The maximum atomic E-state index is 15.4. The molecule has 1 fully saturated rings. The minimum Gasteiger partial charge on any atom is -0.508 e. The summed E-state index contributed by atoms with van der Waals surface area (Å²) < 4.78 is 15.4. The molecule has 3 aliphatic rings. The van der Waals surface area contributed by atoms with Gasteiger partial charge in [-0.1, -0.05) is 13.8 Å². The summed E-state index contributed by atoms with van der Waals surface area (Å²) in [5.41, 5.74) is 1.38. The number of rotatable bonds is 6. The molecule has 3 atom stereocenters. The normalized spacial score (nSPS) is 26.1. The van der Waals surface area contributed by atoms with Crippen LogP contribution in [0.25, 0.3) is 5.76 Å². The van der Waals surface area contributed by atoms with Crippen LogP contribution in [0.5, 0.6) is 5.75 Å². The van der Waals surface area contributed by atoms with E-state index in [1.165, 1.54) is 6.07 Å². The molecule has 0 aromatic heterocycles. The van der Waals surface area contributed by atoms with Crippen LogP contribution < -0.4 is 11.1 Å². The van der Waals surface area contributed by atoms with Gasteiger partial charge < -0.3 is 31.5 Å². The van der Waals surface area contributed by atoms with Crippen LogP contribution in [0.4, 0.5) is 4.39 Å². The fourth-order valence-corrected chi connectivity index (χ4v) is 5.47. The summed E-state index contributed by atoms with van der Waals surface area (Å²) in [6, 6.07) is 1.18. The van der Waals surface area contributed by atoms with Crippen molar-refractivity contribution >= 4 is 23.2 Å². The number of aromatic hydroxyl groups is 1. The maximum Gasteiger partial charge on any atom is 0.255 e. The molecule has 0 spiro atoms. The molecule has 0 radical (unpaired) electrons. The molecule has 7 N–H and O–H groups in total. The van der Waals surface area contributed by atoms with Gasteiger partial charge in [-0.25, -0.2) is 4.39 Å². The Balaban J connectivity index is 1.76. The molecule has 1 aromatic rings. The van der Waals surface area contributed by atoms with E-state index in [4.69, 9.17) is 5.73 Å². The number of phenolic OH excluding ortho intramolecular Hbond substituents is 1. The summed E-state index contributed by atoms with van der Waals surface area (Å²) in [5, 5.41) is 46.5. The summed E-state index contributed by atoms with van der Waals surface area (Å²) in [7, 11) is 0. The Hall–Kier alpha value is -3.24. The van der Waals surface area contributed by atoms with E-state index in [1.54, 1.807) is 0 Å². The lowest BCUT2D eigenvalue weighted by molar-refractivity contribution is -0.147. The number of amides is 1. The van der Waals surface area contributed by atoms with Gasteiger partial charge in [0.2, 0.25) is 5.78 Å². The first-order valence-corrected chi connectivity index (χ1v) is 11.6. The lowest BCUT2D eigenvalue weighted by Gasteiger charge is -2.46. The quantitative estimate of drug-likeness (QED) is 0.260. The number of carbonyl (C=O) groups is 3. The lowest BCUT2D eigenvalue weighted by atomic mass is 9.59. The number of benzene rings is 1. The molecule has 35 heavy (non-hydrogen) atoms. The van der Waals surface area contributed by atoms with E-state index in [0.29, 0.717) is 12.5 Å². The minimum absolute atomic E-state index is 0.0369. The van der Waals surface area contributed by atoms with Gasteiger partial charge in [0.05, 0.1) is 5.56 Å². The second kappa shape index (κ2) is 8.76. The molecule has 1 amide bonds. The summed E-state index contributed by atoms with van der Waals surface area (Å²) in [6.45, 7) is 4.94. The van der Waals surface area contributed by atoms with Crippen molar-refractivity contribution in [3.8, 4) is 5.75 Å². The van der Waals surface area contributed by atoms with Crippen molar-refractivity contribution < 1.29 is 39.2 Å². The second-order valence-electron chi connectivity index (χ2n) is 9.99. The lowest BCUT2D eigenvalue weighted by Crippen LogP contribution is -2.58. The van der Waals surface area contributed by atoms with E-state index in [9.17, 15) is 34.8 Å². The van der Waals surface area contributed by atoms with Crippen molar-refractivity contribution in [2.45, 2.75) is 51.7 Å². The summed E-state index contributed by atoms with van der Waals surface area (Å²) in [5.74, 6) is -7.47. The highest BCUT2D eigenvalue weighted by atomic mass is 19.1. The van der Waals surface area contributed by atoms with Crippen molar-refractivity contribution in [1.82, 2.24) is 5.32 Å². The van der Waals surface area contributed by atoms with Gasteiger partial charge in [-0.05, 0) is 43.7 Å². The van der Waals surface area contributed by atoms with E-state index in [2.05, 4.69) is 19.2 Å². The zero-order valence-electron chi connectivity index (χ0n) is 19.5. The summed E-state index contributed by atoms with van der Waals surface area (Å²) in [6.07, 6.45) is 0.362. The topological polar surface area (TPSA) is 170 Å². The number of halogens is 1. The van der Waals surface area contributed by atoms with Gasteiger partial charge in [0, 0.05) is 35.6 Å². The van der Waals surface area contributed by atoms with Crippen molar-refractivity contribution in [3.05, 3.63) is 45.5 Å².